The van der Waals surface area contributed by atoms with Gasteiger partial charge in [0.05, 0.1) is 0 Å². The summed E-state index contributed by atoms with van der Waals surface area (Å²) < 4.78 is 5.89. The average Bonchev–Trinajstić information content (AvgIpc) is 3.32. The van der Waals surface area contributed by atoms with Gasteiger partial charge in [-0.3, -0.25) is 9.69 Å². The Hall–Kier alpha value is -3.09. The zero-order valence-corrected chi connectivity index (χ0v) is 24.4. The number of aryl methyl sites for hydroxylation is 3. The predicted molar refractivity (Wildman–Crippen MR) is 158 cm³/mol. The van der Waals surface area contributed by atoms with Crippen LogP contribution >= 0.6 is 11.8 Å². The van der Waals surface area contributed by atoms with Crippen molar-refractivity contribution in [3.8, 4) is 5.75 Å². The van der Waals surface area contributed by atoms with Crippen LogP contribution in [0.5, 0.6) is 5.75 Å². The molecule has 1 fully saturated rings. The second-order valence-corrected chi connectivity index (χ2v) is 12.0. The lowest BCUT2D eigenvalue weighted by Gasteiger charge is -2.25. The van der Waals surface area contributed by atoms with Crippen molar-refractivity contribution >= 4 is 23.5 Å². The largest absolute Gasteiger partial charge is 0.478 e. The fraction of sp³-hybridized carbons (Fsp3) is 0.394. The van der Waals surface area contributed by atoms with Crippen LogP contribution in [0.4, 0.5) is 0 Å². The van der Waals surface area contributed by atoms with Gasteiger partial charge in [0.15, 0.2) is 11.4 Å². The lowest BCUT2D eigenvalue weighted by Crippen LogP contribution is -2.38. The van der Waals surface area contributed by atoms with Gasteiger partial charge in [-0.25, -0.2) is 4.79 Å². The minimum absolute atomic E-state index is 0.0463. The van der Waals surface area contributed by atoms with Crippen molar-refractivity contribution in [1.29, 1.82) is 0 Å². The molecule has 5 nitrogen and oxygen atoms in total. The van der Waals surface area contributed by atoms with Gasteiger partial charge in [0.2, 0.25) is 0 Å². The van der Waals surface area contributed by atoms with Crippen LogP contribution in [-0.4, -0.2) is 46.7 Å². The van der Waals surface area contributed by atoms with E-state index in [1.807, 2.05) is 50.4 Å². The van der Waals surface area contributed by atoms with Gasteiger partial charge < -0.3 is 9.84 Å². The number of aliphatic carboxylic acids is 1. The molecule has 0 bridgehead atoms. The first kappa shape index (κ1) is 28.9. The number of rotatable bonds is 11. The average molecular weight is 546 g/mol. The highest BCUT2D eigenvalue weighted by atomic mass is 32.2. The van der Waals surface area contributed by atoms with E-state index in [2.05, 4.69) is 41.3 Å². The Balaban J connectivity index is 1.51. The highest BCUT2D eigenvalue weighted by Gasteiger charge is 2.37. The molecule has 1 aliphatic heterocycles. The molecule has 206 valence electrons. The summed E-state index contributed by atoms with van der Waals surface area (Å²) in [4.78, 5) is 28.9. The van der Waals surface area contributed by atoms with Gasteiger partial charge in [-0.2, -0.15) is 0 Å². The van der Waals surface area contributed by atoms with Crippen LogP contribution in [0, 0.1) is 25.7 Å². The first-order valence-corrected chi connectivity index (χ1v) is 14.8. The summed E-state index contributed by atoms with van der Waals surface area (Å²) in [5.74, 6) is 0.0717. The van der Waals surface area contributed by atoms with E-state index >= 15 is 0 Å². The van der Waals surface area contributed by atoms with E-state index in [9.17, 15) is 14.7 Å². The van der Waals surface area contributed by atoms with Crippen molar-refractivity contribution in [3.63, 3.8) is 0 Å². The molecule has 2 atom stereocenters. The molecule has 3 aromatic rings. The van der Waals surface area contributed by atoms with Gasteiger partial charge in [0.1, 0.15) is 5.75 Å². The molecule has 0 amide bonds. The molecule has 1 N–H and O–H groups in total. The lowest BCUT2D eigenvalue weighted by atomic mass is 9.84. The SMILES string of the molecule is CSc1ccc(C(=O)C2CN(Cc3ccccc3)CC2CCc2cc(C)c(OC(C)(C)C(=O)O)c(C)c2)cc1. The Morgan fingerprint density at radius 3 is 2.21 bits per heavy atom. The summed E-state index contributed by atoms with van der Waals surface area (Å²) in [7, 11) is 0. The zero-order valence-electron chi connectivity index (χ0n) is 23.6. The summed E-state index contributed by atoms with van der Waals surface area (Å²) in [6.07, 6.45) is 3.80. The molecular weight excluding hydrogens is 506 g/mol. The topological polar surface area (TPSA) is 66.8 Å². The van der Waals surface area contributed by atoms with E-state index in [-0.39, 0.29) is 17.6 Å². The monoisotopic (exact) mass is 545 g/mol. The van der Waals surface area contributed by atoms with Crippen LogP contribution < -0.4 is 4.74 Å². The number of carbonyl (C=O) groups excluding carboxylic acids is 1. The van der Waals surface area contributed by atoms with Crippen molar-refractivity contribution in [1.82, 2.24) is 4.90 Å². The molecule has 0 saturated carbocycles. The number of carboxylic acid groups (broad SMARTS) is 1. The number of benzene rings is 3. The quantitative estimate of drug-likeness (QED) is 0.210. The number of Topliss-reactive ketones (excluding diaryl/α,β-unsaturated/α-hetero) is 1. The Labute approximate surface area is 236 Å². The first-order chi connectivity index (χ1) is 18.6. The number of ether oxygens (including phenoxy) is 1. The molecule has 3 aromatic carbocycles. The van der Waals surface area contributed by atoms with Crippen LogP contribution in [0.1, 0.15) is 52.9 Å². The summed E-state index contributed by atoms with van der Waals surface area (Å²) in [5, 5.41) is 9.48. The molecule has 1 saturated heterocycles. The summed E-state index contributed by atoms with van der Waals surface area (Å²) in [5.41, 5.74) is 3.79. The van der Waals surface area contributed by atoms with E-state index in [1.165, 1.54) is 11.1 Å². The smallest absolute Gasteiger partial charge is 0.347 e. The third kappa shape index (κ3) is 7.11. The molecular formula is C33H39NO4S. The molecule has 0 radical (unpaired) electrons. The zero-order chi connectivity index (χ0) is 28.2. The Morgan fingerprint density at radius 2 is 1.62 bits per heavy atom. The van der Waals surface area contributed by atoms with Crippen molar-refractivity contribution in [2.45, 2.75) is 57.6 Å². The summed E-state index contributed by atoms with van der Waals surface area (Å²) in [6.45, 7) is 9.55. The highest BCUT2D eigenvalue weighted by Crippen LogP contribution is 2.34. The van der Waals surface area contributed by atoms with Crippen LogP contribution in [0.15, 0.2) is 71.6 Å². The third-order valence-corrected chi connectivity index (χ3v) is 8.42. The fourth-order valence-electron chi connectivity index (χ4n) is 5.49. The number of hydrogen-bond acceptors (Lipinski definition) is 5. The van der Waals surface area contributed by atoms with Gasteiger partial charge in [-0.05, 0) is 87.1 Å². The maximum absolute atomic E-state index is 13.7. The predicted octanol–water partition coefficient (Wildman–Crippen LogP) is 6.83. The standard InChI is InChI=1S/C33H39NO4S/c1-22-17-25(18-23(2)31(22)38-33(3,4)32(36)37)11-12-27-20-34(19-24-9-7-6-8-10-24)21-29(27)30(35)26-13-15-28(39-5)16-14-26/h6-10,13-18,27,29H,11-12,19-21H2,1-5H3,(H,36,37). The number of carboxylic acids is 1. The molecule has 39 heavy (non-hydrogen) atoms. The van der Waals surface area contributed by atoms with E-state index < -0.39 is 11.6 Å². The van der Waals surface area contributed by atoms with Crippen LogP contribution in [-0.2, 0) is 17.8 Å². The summed E-state index contributed by atoms with van der Waals surface area (Å²) >= 11 is 1.68. The van der Waals surface area contributed by atoms with E-state index in [1.54, 1.807) is 25.6 Å². The Morgan fingerprint density at radius 1 is 0.974 bits per heavy atom. The maximum Gasteiger partial charge on any atom is 0.347 e. The fourth-order valence-corrected chi connectivity index (χ4v) is 5.89. The van der Waals surface area contributed by atoms with Gasteiger partial charge in [-0.15, -0.1) is 11.8 Å². The minimum atomic E-state index is -1.30. The maximum atomic E-state index is 13.7. The Kier molecular flexibility index (Phi) is 9.19. The third-order valence-electron chi connectivity index (χ3n) is 7.67. The second kappa shape index (κ2) is 12.4. The number of ketones is 1. The van der Waals surface area contributed by atoms with Crippen molar-refractivity contribution in [2.75, 3.05) is 19.3 Å². The molecule has 6 heteroatoms. The molecule has 1 heterocycles. The van der Waals surface area contributed by atoms with Gasteiger partial charge in [-0.1, -0.05) is 54.6 Å². The molecule has 0 aliphatic carbocycles. The number of nitrogens with zero attached hydrogens (tertiary/aromatic N) is 1. The van der Waals surface area contributed by atoms with Gasteiger partial charge >= 0.3 is 5.97 Å². The molecule has 0 aromatic heterocycles. The number of carbonyl (C=O) groups is 2. The molecule has 4 rings (SSSR count). The van der Waals surface area contributed by atoms with E-state index in [0.717, 1.165) is 54.1 Å². The number of thioether (sulfide) groups is 1. The van der Waals surface area contributed by atoms with Crippen molar-refractivity contribution < 1.29 is 19.4 Å². The van der Waals surface area contributed by atoms with Crippen LogP contribution in [0.25, 0.3) is 0 Å². The molecule has 1 aliphatic rings. The number of hydrogen-bond donors (Lipinski definition) is 1. The summed E-state index contributed by atoms with van der Waals surface area (Å²) in [6, 6.07) is 22.6. The normalized spacial score (nSPS) is 17.8. The van der Waals surface area contributed by atoms with Gasteiger partial charge in [0, 0.05) is 36.0 Å². The van der Waals surface area contributed by atoms with E-state index in [0.29, 0.717) is 5.75 Å². The Bertz CT molecular complexity index is 1280. The second-order valence-electron chi connectivity index (χ2n) is 11.2. The molecule has 0 spiro atoms. The van der Waals surface area contributed by atoms with Crippen LogP contribution in [0.2, 0.25) is 0 Å². The van der Waals surface area contributed by atoms with Crippen molar-refractivity contribution in [3.05, 3.63) is 94.5 Å². The molecule has 2 unspecified atom stereocenters. The number of likely N-dealkylation sites (tertiary alicyclic amines) is 1. The van der Waals surface area contributed by atoms with E-state index in [4.69, 9.17) is 4.74 Å². The van der Waals surface area contributed by atoms with Crippen molar-refractivity contribution in [2.24, 2.45) is 11.8 Å². The first-order valence-electron chi connectivity index (χ1n) is 13.5. The van der Waals surface area contributed by atoms with Gasteiger partial charge in [0.25, 0.3) is 0 Å². The lowest BCUT2D eigenvalue weighted by molar-refractivity contribution is -0.152. The van der Waals surface area contributed by atoms with Crippen LogP contribution in [0.3, 0.4) is 0 Å². The highest BCUT2D eigenvalue weighted by molar-refractivity contribution is 7.98. The minimum Gasteiger partial charge on any atom is -0.478 e.